The summed E-state index contributed by atoms with van der Waals surface area (Å²) in [5.41, 5.74) is 4.63. The molecule has 6 heteroatoms. The fraction of sp³-hybridized carbons (Fsp3) is 0.167. The van der Waals surface area contributed by atoms with Gasteiger partial charge in [-0.1, -0.05) is 30.3 Å². The molecule has 0 saturated heterocycles. The van der Waals surface area contributed by atoms with Gasteiger partial charge in [0, 0.05) is 0 Å². The molecular weight excluding hydrogens is 230 g/mol. The van der Waals surface area contributed by atoms with Gasteiger partial charge in [-0.05, 0) is 19.4 Å². The van der Waals surface area contributed by atoms with E-state index in [-0.39, 0.29) is 0 Å². The van der Waals surface area contributed by atoms with Gasteiger partial charge in [0.05, 0.1) is 5.71 Å². The second-order valence-electron chi connectivity index (χ2n) is 3.75. The van der Waals surface area contributed by atoms with E-state index in [1.807, 2.05) is 37.3 Å². The van der Waals surface area contributed by atoms with Crippen LogP contribution in [0, 0.1) is 6.92 Å². The van der Waals surface area contributed by atoms with Crippen molar-refractivity contribution in [3.63, 3.8) is 0 Å². The maximum Gasteiger partial charge on any atom is 0.363 e. The SMILES string of the molecule is CC(=NNc1nc(=O)[nH]nc1C)c1ccccc1. The van der Waals surface area contributed by atoms with Gasteiger partial charge in [-0.25, -0.2) is 9.89 Å². The van der Waals surface area contributed by atoms with E-state index in [0.717, 1.165) is 11.3 Å². The second-order valence-corrected chi connectivity index (χ2v) is 3.75. The maximum absolute atomic E-state index is 11.0. The Bertz CT molecular complexity index is 618. The van der Waals surface area contributed by atoms with Gasteiger partial charge in [0.1, 0.15) is 5.69 Å². The van der Waals surface area contributed by atoms with Crippen molar-refractivity contribution in [1.29, 1.82) is 0 Å². The molecule has 1 heterocycles. The molecule has 0 fully saturated rings. The maximum atomic E-state index is 11.0. The quantitative estimate of drug-likeness (QED) is 0.629. The minimum Gasteiger partial charge on any atom is -0.259 e. The lowest BCUT2D eigenvalue weighted by atomic mass is 10.1. The molecular formula is C12H13N5O. The van der Waals surface area contributed by atoms with Crippen molar-refractivity contribution in [2.45, 2.75) is 13.8 Å². The first-order chi connectivity index (χ1) is 8.66. The van der Waals surface area contributed by atoms with Gasteiger partial charge in [0.2, 0.25) is 0 Å². The molecule has 0 aliphatic rings. The number of hydrogen-bond donors (Lipinski definition) is 2. The highest BCUT2D eigenvalue weighted by molar-refractivity contribution is 5.98. The number of rotatable bonds is 3. The van der Waals surface area contributed by atoms with Crippen LogP contribution in [-0.2, 0) is 0 Å². The molecule has 2 rings (SSSR count). The minimum atomic E-state index is -0.504. The minimum absolute atomic E-state index is 0.356. The molecule has 92 valence electrons. The Balaban J connectivity index is 2.20. The smallest absolute Gasteiger partial charge is 0.259 e. The number of nitrogens with zero attached hydrogens (tertiary/aromatic N) is 3. The number of hydrazone groups is 1. The van der Waals surface area contributed by atoms with Crippen LogP contribution in [0.15, 0.2) is 40.2 Å². The molecule has 1 aromatic heterocycles. The van der Waals surface area contributed by atoms with E-state index < -0.39 is 5.69 Å². The predicted molar refractivity (Wildman–Crippen MR) is 69.7 cm³/mol. The van der Waals surface area contributed by atoms with Crippen LogP contribution in [0.5, 0.6) is 0 Å². The lowest BCUT2D eigenvalue weighted by molar-refractivity contribution is 0.879. The molecule has 0 aliphatic heterocycles. The van der Waals surface area contributed by atoms with Crippen molar-refractivity contribution in [2.75, 3.05) is 5.43 Å². The molecule has 0 saturated carbocycles. The van der Waals surface area contributed by atoms with Gasteiger partial charge < -0.3 is 0 Å². The van der Waals surface area contributed by atoms with Crippen LogP contribution in [0.25, 0.3) is 0 Å². The summed E-state index contributed by atoms with van der Waals surface area (Å²) in [6.45, 7) is 3.61. The zero-order chi connectivity index (χ0) is 13.0. The Labute approximate surface area is 104 Å². The van der Waals surface area contributed by atoms with Crippen LogP contribution in [0.4, 0.5) is 5.82 Å². The average Bonchev–Trinajstić information content (AvgIpc) is 2.40. The normalized spacial score (nSPS) is 11.3. The third kappa shape index (κ3) is 2.79. The van der Waals surface area contributed by atoms with Gasteiger partial charge in [-0.3, -0.25) is 5.43 Å². The average molecular weight is 243 g/mol. The molecule has 6 nitrogen and oxygen atoms in total. The third-order valence-electron chi connectivity index (χ3n) is 2.40. The molecule has 0 radical (unpaired) electrons. The van der Waals surface area contributed by atoms with E-state index in [4.69, 9.17) is 0 Å². The molecule has 1 aromatic carbocycles. The first-order valence-electron chi connectivity index (χ1n) is 5.46. The monoisotopic (exact) mass is 243 g/mol. The number of nitrogens with one attached hydrogen (secondary N) is 2. The standard InChI is InChI=1S/C12H13N5O/c1-8(10-6-4-3-5-7-10)14-16-11-9(2)15-17-12(18)13-11/h3-7H,1-2H3,(H2,13,16,17,18). The van der Waals surface area contributed by atoms with Gasteiger partial charge >= 0.3 is 5.69 Å². The van der Waals surface area contributed by atoms with E-state index in [1.54, 1.807) is 6.92 Å². The van der Waals surface area contributed by atoms with Gasteiger partial charge in [-0.15, -0.1) is 0 Å². The summed E-state index contributed by atoms with van der Waals surface area (Å²) in [5, 5.41) is 10.2. The third-order valence-corrected chi connectivity index (χ3v) is 2.40. The van der Waals surface area contributed by atoms with Crippen molar-refractivity contribution < 1.29 is 0 Å². The van der Waals surface area contributed by atoms with Crippen molar-refractivity contribution in [1.82, 2.24) is 15.2 Å². The molecule has 0 spiro atoms. The Morgan fingerprint density at radius 3 is 2.78 bits per heavy atom. The molecule has 2 N–H and O–H groups in total. The fourth-order valence-electron chi connectivity index (χ4n) is 1.38. The summed E-state index contributed by atoms with van der Waals surface area (Å²) in [7, 11) is 0. The number of aromatic nitrogens is 3. The van der Waals surface area contributed by atoms with Gasteiger partial charge in [0.25, 0.3) is 0 Å². The van der Waals surface area contributed by atoms with Crippen molar-refractivity contribution >= 4 is 11.5 Å². The first-order valence-corrected chi connectivity index (χ1v) is 5.46. The fourth-order valence-corrected chi connectivity index (χ4v) is 1.38. The van der Waals surface area contributed by atoms with Crippen LogP contribution in [0.1, 0.15) is 18.2 Å². The van der Waals surface area contributed by atoms with E-state index in [0.29, 0.717) is 11.5 Å². The number of hydrogen-bond acceptors (Lipinski definition) is 5. The lowest BCUT2D eigenvalue weighted by Crippen LogP contribution is -2.16. The number of aromatic amines is 1. The van der Waals surface area contributed by atoms with E-state index >= 15 is 0 Å². The molecule has 0 bridgehead atoms. The molecule has 18 heavy (non-hydrogen) atoms. The molecule has 2 aromatic rings. The highest BCUT2D eigenvalue weighted by Crippen LogP contribution is 2.05. The summed E-state index contributed by atoms with van der Waals surface area (Å²) in [5.74, 6) is 0.356. The van der Waals surface area contributed by atoms with Gasteiger partial charge in [0.15, 0.2) is 5.82 Å². The van der Waals surface area contributed by atoms with E-state index in [9.17, 15) is 4.79 Å². The molecule has 0 amide bonds. The lowest BCUT2D eigenvalue weighted by Gasteiger charge is -2.03. The topological polar surface area (TPSA) is 83.0 Å². The van der Waals surface area contributed by atoms with Crippen LogP contribution >= 0.6 is 0 Å². The molecule has 0 unspecified atom stereocenters. The van der Waals surface area contributed by atoms with Gasteiger partial charge in [-0.2, -0.15) is 15.2 Å². The summed E-state index contributed by atoms with van der Waals surface area (Å²) in [6.07, 6.45) is 0. The van der Waals surface area contributed by atoms with Crippen molar-refractivity contribution in [3.05, 3.63) is 52.1 Å². The zero-order valence-corrected chi connectivity index (χ0v) is 10.1. The predicted octanol–water partition coefficient (Wildman–Crippen LogP) is 1.31. The largest absolute Gasteiger partial charge is 0.363 e. The number of aryl methyl sites for hydroxylation is 1. The summed E-state index contributed by atoms with van der Waals surface area (Å²) in [6, 6.07) is 9.73. The van der Waals surface area contributed by atoms with E-state index in [1.165, 1.54) is 0 Å². The zero-order valence-electron chi connectivity index (χ0n) is 10.1. The Morgan fingerprint density at radius 2 is 2.06 bits per heavy atom. The Kier molecular flexibility index (Phi) is 3.47. The summed E-state index contributed by atoms with van der Waals surface area (Å²) in [4.78, 5) is 14.8. The van der Waals surface area contributed by atoms with Crippen molar-refractivity contribution in [3.8, 4) is 0 Å². The highest BCUT2D eigenvalue weighted by atomic mass is 16.1. The number of H-pyrrole nitrogens is 1. The highest BCUT2D eigenvalue weighted by Gasteiger charge is 2.01. The number of benzene rings is 1. The van der Waals surface area contributed by atoms with Crippen LogP contribution in [-0.4, -0.2) is 20.9 Å². The van der Waals surface area contributed by atoms with Crippen LogP contribution in [0.3, 0.4) is 0 Å². The number of anilines is 1. The van der Waals surface area contributed by atoms with Crippen molar-refractivity contribution in [2.24, 2.45) is 5.10 Å². The molecule has 0 aliphatic carbocycles. The summed E-state index contributed by atoms with van der Waals surface area (Å²) < 4.78 is 0. The Hall–Kier alpha value is -2.50. The Morgan fingerprint density at radius 1 is 1.33 bits per heavy atom. The summed E-state index contributed by atoms with van der Waals surface area (Å²) >= 11 is 0. The first kappa shape index (κ1) is 12.0. The molecule has 0 atom stereocenters. The second kappa shape index (κ2) is 5.22. The van der Waals surface area contributed by atoms with Crippen LogP contribution < -0.4 is 11.1 Å². The van der Waals surface area contributed by atoms with E-state index in [2.05, 4.69) is 25.7 Å². The van der Waals surface area contributed by atoms with Crippen LogP contribution in [0.2, 0.25) is 0 Å².